The van der Waals surface area contributed by atoms with Crippen molar-refractivity contribution in [2.75, 3.05) is 26.2 Å². The van der Waals surface area contributed by atoms with Crippen LogP contribution < -0.4 is 5.32 Å². The summed E-state index contributed by atoms with van der Waals surface area (Å²) < 4.78 is 0. The van der Waals surface area contributed by atoms with E-state index in [2.05, 4.69) is 5.32 Å². The molecule has 2 aliphatic rings. The first kappa shape index (κ1) is 29.3. The van der Waals surface area contributed by atoms with Gasteiger partial charge < -0.3 is 15.1 Å². The number of halogens is 1. The number of benzene rings is 3. The number of amides is 2. The van der Waals surface area contributed by atoms with E-state index >= 15 is 0 Å². The van der Waals surface area contributed by atoms with E-state index < -0.39 is 23.9 Å². The fourth-order valence-corrected chi connectivity index (χ4v) is 7.87. The zero-order valence-corrected chi connectivity index (χ0v) is 25.8. The average molecular weight is 612 g/mol. The molecule has 0 saturated carbocycles. The molecule has 2 amide bonds. The maximum absolute atomic E-state index is 14.9. The molecule has 8 heteroatoms. The van der Waals surface area contributed by atoms with E-state index in [1.807, 2.05) is 84.8 Å². The molecule has 1 N–H and O–H groups in total. The van der Waals surface area contributed by atoms with E-state index in [1.54, 1.807) is 40.5 Å². The lowest BCUT2D eigenvalue weighted by molar-refractivity contribution is -0.136. The Morgan fingerprint density at radius 2 is 1.51 bits per heavy atom. The molecule has 0 bridgehead atoms. The Bertz CT molecular complexity index is 1630. The molecule has 0 radical (unpaired) electrons. The molecule has 2 saturated heterocycles. The number of nitrogens with zero attached hydrogens (tertiary/aromatic N) is 2. The van der Waals surface area contributed by atoms with Crippen LogP contribution >= 0.6 is 22.9 Å². The number of carbonyl (C=O) groups is 3. The van der Waals surface area contributed by atoms with Gasteiger partial charge in [-0.3, -0.25) is 14.4 Å². The quantitative estimate of drug-likeness (QED) is 0.260. The van der Waals surface area contributed by atoms with Gasteiger partial charge in [-0.25, -0.2) is 0 Å². The molecule has 2 aliphatic heterocycles. The van der Waals surface area contributed by atoms with E-state index in [1.165, 1.54) is 0 Å². The van der Waals surface area contributed by atoms with E-state index in [0.717, 1.165) is 21.6 Å². The maximum Gasteiger partial charge on any atom is 0.255 e. The molecule has 220 valence electrons. The van der Waals surface area contributed by atoms with Gasteiger partial charge in [-0.2, -0.15) is 0 Å². The highest BCUT2D eigenvalue weighted by atomic mass is 35.5. The van der Waals surface area contributed by atoms with Crippen molar-refractivity contribution in [3.8, 4) is 0 Å². The van der Waals surface area contributed by atoms with Crippen molar-refractivity contribution in [2.24, 2.45) is 5.92 Å². The number of thiophene rings is 1. The van der Waals surface area contributed by atoms with Gasteiger partial charge in [-0.15, -0.1) is 11.3 Å². The zero-order chi connectivity index (χ0) is 30.1. The van der Waals surface area contributed by atoms with Crippen LogP contribution in [0.25, 0.3) is 0 Å². The Morgan fingerprint density at radius 1 is 0.837 bits per heavy atom. The van der Waals surface area contributed by atoms with E-state index in [0.29, 0.717) is 42.3 Å². The molecule has 2 fully saturated rings. The van der Waals surface area contributed by atoms with Crippen molar-refractivity contribution < 1.29 is 14.4 Å². The second-order valence-electron chi connectivity index (χ2n) is 11.3. The summed E-state index contributed by atoms with van der Waals surface area (Å²) in [6, 6.07) is 24.4. The van der Waals surface area contributed by atoms with Crippen LogP contribution in [-0.4, -0.2) is 59.6 Å². The summed E-state index contributed by atoms with van der Waals surface area (Å²) >= 11 is 7.88. The first-order chi connectivity index (χ1) is 20.9. The molecular formula is C35H34ClN3O3S. The number of hydrogen-bond donors (Lipinski definition) is 1. The lowest BCUT2D eigenvalue weighted by atomic mass is 9.77. The molecule has 4 unspecified atom stereocenters. The van der Waals surface area contributed by atoms with E-state index in [-0.39, 0.29) is 17.6 Å². The lowest BCUT2D eigenvalue weighted by Gasteiger charge is -2.36. The molecule has 1 aromatic heterocycles. The summed E-state index contributed by atoms with van der Waals surface area (Å²) in [5.41, 5.74) is 3.73. The van der Waals surface area contributed by atoms with Crippen LogP contribution in [0.1, 0.15) is 54.2 Å². The fourth-order valence-electron chi connectivity index (χ4n) is 6.63. The summed E-state index contributed by atoms with van der Waals surface area (Å²) in [6.07, 6.45) is 0. The highest BCUT2D eigenvalue weighted by Gasteiger charge is 2.58. The molecule has 3 aromatic carbocycles. The number of rotatable bonds is 6. The topological polar surface area (TPSA) is 69.7 Å². The molecular weight excluding hydrogens is 578 g/mol. The number of aryl methyl sites for hydroxylation is 2. The van der Waals surface area contributed by atoms with Crippen molar-refractivity contribution in [2.45, 2.75) is 31.8 Å². The SMILES string of the molecule is Cc1ccccc1C(=O)C1C(c2sccc2C)C(C(=O)N2CCNCC2)N(C(=O)c2ccccc2)C1c1ccc(Cl)cc1. The molecule has 6 nitrogen and oxygen atoms in total. The Hall–Kier alpha value is -3.78. The number of hydrogen-bond acceptors (Lipinski definition) is 5. The molecule has 4 aromatic rings. The third-order valence-corrected chi connectivity index (χ3v) is 10.1. The summed E-state index contributed by atoms with van der Waals surface area (Å²) in [6.45, 7) is 6.40. The second kappa shape index (κ2) is 12.4. The first-order valence-electron chi connectivity index (χ1n) is 14.6. The molecule has 3 heterocycles. The van der Waals surface area contributed by atoms with Crippen molar-refractivity contribution >= 4 is 40.5 Å². The number of carbonyl (C=O) groups excluding carboxylic acids is 3. The zero-order valence-electron chi connectivity index (χ0n) is 24.2. The Balaban J connectivity index is 1.62. The monoisotopic (exact) mass is 611 g/mol. The number of likely N-dealkylation sites (tertiary alicyclic amines) is 1. The van der Waals surface area contributed by atoms with Gasteiger partial charge in [0.25, 0.3) is 5.91 Å². The van der Waals surface area contributed by atoms with Crippen LogP contribution in [0.3, 0.4) is 0 Å². The normalized spacial score (nSPS) is 22.0. The fraction of sp³-hybridized carbons (Fsp3) is 0.286. The van der Waals surface area contributed by atoms with Gasteiger partial charge in [0, 0.05) is 53.1 Å². The van der Waals surface area contributed by atoms with Crippen LogP contribution in [0.15, 0.2) is 90.3 Å². The van der Waals surface area contributed by atoms with Crippen molar-refractivity contribution in [1.29, 1.82) is 0 Å². The second-order valence-corrected chi connectivity index (χ2v) is 12.7. The van der Waals surface area contributed by atoms with Gasteiger partial charge in [0.1, 0.15) is 6.04 Å². The number of ketones is 1. The van der Waals surface area contributed by atoms with E-state index in [4.69, 9.17) is 11.6 Å². The minimum atomic E-state index is -0.873. The molecule has 6 rings (SSSR count). The van der Waals surface area contributed by atoms with Crippen molar-refractivity contribution in [3.63, 3.8) is 0 Å². The van der Waals surface area contributed by atoms with E-state index in [9.17, 15) is 14.4 Å². The van der Waals surface area contributed by atoms with Gasteiger partial charge in [0.2, 0.25) is 5.91 Å². The van der Waals surface area contributed by atoms with Crippen molar-refractivity contribution in [1.82, 2.24) is 15.1 Å². The van der Waals surface area contributed by atoms with Crippen LogP contribution in [0.2, 0.25) is 5.02 Å². The van der Waals surface area contributed by atoms with Gasteiger partial charge in [0.05, 0.1) is 12.0 Å². The van der Waals surface area contributed by atoms with Gasteiger partial charge >= 0.3 is 0 Å². The summed E-state index contributed by atoms with van der Waals surface area (Å²) in [5, 5.41) is 5.89. The Morgan fingerprint density at radius 3 is 2.16 bits per heavy atom. The predicted molar refractivity (Wildman–Crippen MR) is 171 cm³/mol. The maximum atomic E-state index is 14.9. The minimum absolute atomic E-state index is 0.0719. The lowest BCUT2D eigenvalue weighted by Crippen LogP contribution is -2.54. The first-order valence-corrected chi connectivity index (χ1v) is 15.9. The third-order valence-electron chi connectivity index (χ3n) is 8.73. The summed E-state index contributed by atoms with van der Waals surface area (Å²) in [4.78, 5) is 48.8. The molecule has 0 aliphatic carbocycles. The standard InChI is InChI=1S/C35H34ClN3O3S/c1-22-8-6-7-11-27(22)32(40)28-29(33-23(2)16-21-43-33)31(35(42)38-19-17-37-18-20-38)39(34(41)25-9-4-3-5-10-25)30(28)24-12-14-26(36)15-13-24/h3-16,21,28-31,37H,17-20H2,1-2H3. The van der Waals surface area contributed by atoms with Crippen LogP contribution in [0.5, 0.6) is 0 Å². The Kier molecular flexibility index (Phi) is 8.48. The van der Waals surface area contributed by atoms with Gasteiger partial charge in [-0.05, 0) is 66.2 Å². The summed E-state index contributed by atoms with van der Waals surface area (Å²) in [7, 11) is 0. The molecule has 43 heavy (non-hydrogen) atoms. The van der Waals surface area contributed by atoms with Crippen LogP contribution in [-0.2, 0) is 4.79 Å². The summed E-state index contributed by atoms with van der Waals surface area (Å²) in [5.74, 6) is -1.71. The minimum Gasteiger partial charge on any atom is -0.338 e. The number of nitrogens with one attached hydrogen (secondary N) is 1. The smallest absolute Gasteiger partial charge is 0.255 e. The number of Topliss-reactive ketones (excluding diaryl/α,β-unsaturated/α-hetero) is 1. The van der Waals surface area contributed by atoms with Gasteiger partial charge in [0.15, 0.2) is 5.78 Å². The predicted octanol–water partition coefficient (Wildman–Crippen LogP) is 6.30. The largest absolute Gasteiger partial charge is 0.338 e. The van der Waals surface area contributed by atoms with Gasteiger partial charge in [-0.1, -0.05) is 66.2 Å². The molecule has 4 atom stereocenters. The Labute approximate surface area is 261 Å². The average Bonchev–Trinajstić information content (AvgIpc) is 3.62. The highest BCUT2D eigenvalue weighted by molar-refractivity contribution is 7.10. The van der Waals surface area contributed by atoms with Crippen LogP contribution in [0.4, 0.5) is 0 Å². The number of piperazine rings is 1. The molecule has 0 spiro atoms. The van der Waals surface area contributed by atoms with Crippen LogP contribution in [0, 0.1) is 19.8 Å². The van der Waals surface area contributed by atoms with Crippen molar-refractivity contribution in [3.05, 3.63) is 128 Å². The third kappa shape index (κ3) is 5.53. The highest BCUT2D eigenvalue weighted by Crippen LogP contribution is 2.54.